The Kier molecular flexibility index (Phi) is 5.37. The van der Waals surface area contributed by atoms with E-state index in [9.17, 15) is 4.39 Å². The fraction of sp³-hybridized carbons (Fsp3) is 0.294. The van der Waals surface area contributed by atoms with Crippen molar-refractivity contribution in [1.29, 1.82) is 0 Å². The van der Waals surface area contributed by atoms with E-state index in [1.165, 1.54) is 0 Å². The molecule has 0 aliphatic rings. The number of rotatable bonds is 5. The lowest BCUT2D eigenvalue weighted by Gasteiger charge is -2.20. The molecule has 1 unspecified atom stereocenters. The molecule has 0 heterocycles. The van der Waals surface area contributed by atoms with Crippen molar-refractivity contribution >= 4 is 15.9 Å². The van der Waals surface area contributed by atoms with Crippen molar-refractivity contribution in [1.82, 2.24) is 5.32 Å². The summed E-state index contributed by atoms with van der Waals surface area (Å²) in [4.78, 5) is 0. The lowest BCUT2D eigenvalue weighted by Crippen LogP contribution is -2.19. The zero-order chi connectivity index (χ0) is 15.4. The molecule has 0 spiro atoms. The highest BCUT2D eigenvalue weighted by molar-refractivity contribution is 9.10. The van der Waals surface area contributed by atoms with Crippen LogP contribution in [0.3, 0.4) is 0 Å². The van der Waals surface area contributed by atoms with Crippen LogP contribution in [0.5, 0.6) is 5.75 Å². The molecule has 2 nitrogen and oxygen atoms in total. The summed E-state index contributed by atoms with van der Waals surface area (Å²) in [5, 5.41) is 3.18. The molecular formula is C17H19BrFNO. The molecule has 1 N–H and O–H groups in total. The maximum absolute atomic E-state index is 14.3. The van der Waals surface area contributed by atoms with E-state index in [1.54, 1.807) is 13.0 Å². The minimum atomic E-state index is -0.197. The van der Waals surface area contributed by atoms with Crippen molar-refractivity contribution in [3.05, 3.63) is 63.4 Å². The van der Waals surface area contributed by atoms with Crippen molar-refractivity contribution in [2.24, 2.45) is 0 Å². The number of hydrogen-bond acceptors (Lipinski definition) is 2. The molecule has 2 aromatic rings. The summed E-state index contributed by atoms with van der Waals surface area (Å²) in [5.74, 6) is 0.627. The van der Waals surface area contributed by atoms with Gasteiger partial charge >= 0.3 is 0 Å². The van der Waals surface area contributed by atoms with Crippen LogP contribution < -0.4 is 10.1 Å². The van der Waals surface area contributed by atoms with E-state index in [4.69, 9.17) is 4.74 Å². The second-order valence-electron chi connectivity index (χ2n) is 4.82. The van der Waals surface area contributed by atoms with E-state index in [1.807, 2.05) is 44.3 Å². The molecule has 0 saturated carbocycles. The summed E-state index contributed by atoms with van der Waals surface area (Å²) in [6, 6.07) is 11.1. The van der Waals surface area contributed by atoms with Gasteiger partial charge in [-0.15, -0.1) is 0 Å². The minimum absolute atomic E-state index is 0.165. The molecule has 0 bridgehead atoms. The van der Waals surface area contributed by atoms with Crippen LogP contribution in [0.25, 0.3) is 0 Å². The van der Waals surface area contributed by atoms with Crippen LogP contribution in [-0.2, 0) is 0 Å². The second-order valence-corrected chi connectivity index (χ2v) is 5.68. The maximum atomic E-state index is 14.3. The largest absolute Gasteiger partial charge is 0.493 e. The molecule has 0 radical (unpaired) electrons. The average molecular weight is 352 g/mol. The summed E-state index contributed by atoms with van der Waals surface area (Å²) >= 11 is 3.50. The Morgan fingerprint density at radius 1 is 1.29 bits per heavy atom. The molecule has 0 amide bonds. The quantitative estimate of drug-likeness (QED) is 0.849. The van der Waals surface area contributed by atoms with Crippen molar-refractivity contribution in [2.45, 2.75) is 19.9 Å². The molecule has 4 heteroatoms. The van der Waals surface area contributed by atoms with Gasteiger partial charge in [0.2, 0.25) is 0 Å². The first kappa shape index (κ1) is 16.0. The zero-order valence-electron chi connectivity index (χ0n) is 12.4. The molecule has 0 saturated heterocycles. The maximum Gasteiger partial charge on any atom is 0.133 e. The standard InChI is InChI=1S/C17H19BrFNO/c1-4-21-15-9-8-12(10-14(15)18)17(20-3)13-7-5-6-11(2)16(13)19/h5-10,17,20H,4H2,1-3H3. The number of hydrogen-bond donors (Lipinski definition) is 1. The molecule has 112 valence electrons. The predicted molar refractivity (Wildman–Crippen MR) is 87.4 cm³/mol. The lowest BCUT2D eigenvalue weighted by molar-refractivity contribution is 0.338. The van der Waals surface area contributed by atoms with Crippen molar-refractivity contribution in [3.8, 4) is 5.75 Å². The summed E-state index contributed by atoms with van der Waals surface area (Å²) in [7, 11) is 1.83. The van der Waals surface area contributed by atoms with E-state index < -0.39 is 0 Å². The highest BCUT2D eigenvalue weighted by Crippen LogP contribution is 2.32. The highest BCUT2D eigenvalue weighted by atomic mass is 79.9. The third-order valence-corrected chi connectivity index (χ3v) is 4.03. The Labute approximate surface area is 133 Å². The first-order valence-corrected chi connectivity index (χ1v) is 7.72. The van der Waals surface area contributed by atoms with E-state index in [0.29, 0.717) is 17.7 Å². The van der Waals surface area contributed by atoms with Crippen LogP contribution in [0.15, 0.2) is 40.9 Å². The van der Waals surface area contributed by atoms with Crippen LogP contribution in [0, 0.1) is 12.7 Å². The van der Waals surface area contributed by atoms with Gasteiger partial charge in [-0.1, -0.05) is 24.3 Å². The van der Waals surface area contributed by atoms with Crippen molar-refractivity contribution in [3.63, 3.8) is 0 Å². The van der Waals surface area contributed by atoms with Gasteiger partial charge in [-0.3, -0.25) is 0 Å². The van der Waals surface area contributed by atoms with Crippen LogP contribution >= 0.6 is 15.9 Å². The van der Waals surface area contributed by atoms with Gasteiger partial charge in [0, 0.05) is 5.56 Å². The topological polar surface area (TPSA) is 21.3 Å². The Balaban J connectivity index is 2.42. The Morgan fingerprint density at radius 2 is 2.05 bits per heavy atom. The fourth-order valence-electron chi connectivity index (χ4n) is 2.36. The van der Waals surface area contributed by atoms with Gasteiger partial charge in [-0.25, -0.2) is 4.39 Å². The average Bonchev–Trinajstić information content (AvgIpc) is 2.47. The smallest absolute Gasteiger partial charge is 0.133 e. The van der Waals surface area contributed by atoms with E-state index in [-0.39, 0.29) is 11.9 Å². The number of aryl methyl sites for hydroxylation is 1. The summed E-state index contributed by atoms with van der Waals surface area (Å²) < 4.78 is 20.7. The SMILES string of the molecule is CCOc1ccc(C(NC)c2cccc(C)c2F)cc1Br. The molecule has 2 aromatic carbocycles. The molecule has 1 atom stereocenters. The van der Waals surface area contributed by atoms with Gasteiger partial charge in [-0.2, -0.15) is 0 Å². The van der Waals surface area contributed by atoms with E-state index >= 15 is 0 Å². The van der Waals surface area contributed by atoms with Gasteiger partial charge in [0.25, 0.3) is 0 Å². The number of ether oxygens (including phenoxy) is 1. The highest BCUT2D eigenvalue weighted by Gasteiger charge is 2.18. The molecule has 0 aliphatic heterocycles. The van der Waals surface area contributed by atoms with Crippen molar-refractivity contribution < 1.29 is 9.13 Å². The normalized spacial score (nSPS) is 12.2. The Morgan fingerprint density at radius 3 is 2.67 bits per heavy atom. The van der Waals surface area contributed by atoms with Crippen LogP contribution in [-0.4, -0.2) is 13.7 Å². The van der Waals surface area contributed by atoms with Crippen LogP contribution in [0.1, 0.15) is 29.7 Å². The summed E-state index contributed by atoms with van der Waals surface area (Å²) in [6.07, 6.45) is 0. The third-order valence-electron chi connectivity index (χ3n) is 3.41. The van der Waals surface area contributed by atoms with Gasteiger partial charge in [-0.05, 0) is 60.1 Å². The molecular weight excluding hydrogens is 333 g/mol. The minimum Gasteiger partial charge on any atom is -0.493 e. The molecule has 0 aromatic heterocycles. The summed E-state index contributed by atoms with van der Waals surface area (Å²) in [6.45, 7) is 4.33. The van der Waals surface area contributed by atoms with Crippen LogP contribution in [0.2, 0.25) is 0 Å². The second kappa shape index (κ2) is 7.05. The van der Waals surface area contributed by atoms with Gasteiger partial charge in [0.15, 0.2) is 0 Å². The first-order chi connectivity index (χ1) is 10.1. The summed E-state index contributed by atoms with van der Waals surface area (Å²) in [5.41, 5.74) is 2.28. The van der Waals surface area contributed by atoms with Crippen molar-refractivity contribution in [2.75, 3.05) is 13.7 Å². The van der Waals surface area contributed by atoms with Gasteiger partial charge < -0.3 is 10.1 Å². The van der Waals surface area contributed by atoms with Crippen LogP contribution in [0.4, 0.5) is 4.39 Å². The molecule has 2 rings (SSSR count). The molecule has 21 heavy (non-hydrogen) atoms. The number of benzene rings is 2. The molecule has 0 fully saturated rings. The monoisotopic (exact) mass is 351 g/mol. The molecule has 0 aliphatic carbocycles. The third kappa shape index (κ3) is 3.44. The van der Waals surface area contributed by atoms with E-state index in [2.05, 4.69) is 21.2 Å². The zero-order valence-corrected chi connectivity index (χ0v) is 14.0. The predicted octanol–water partition coefficient (Wildman–Crippen LogP) is 4.60. The number of nitrogens with one attached hydrogen (secondary N) is 1. The van der Waals surface area contributed by atoms with Gasteiger partial charge in [0.1, 0.15) is 11.6 Å². The Hall–Kier alpha value is -1.39. The Bertz CT molecular complexity index is 630. The lowest BCUT2D eigenvalue weighted by atomic mass is 9.96. The number of halogens is 2. The van der Waals surface area contributed by atoms with E-state index in [0.717, 1.165) is 15.8 Å². The van der Waals surface area contributed by atoms with Gasteiger partial charge in [0.05, 0.1) is 17.1 Å². The first-order valence-electron chi connectivity index (χ1n) is 6.93. The fourth-order valence-corrected chi connectivity index (χ4v) is 2.87.